The van der Waals surface area contributed by atoms with E-state index < -0.39 is 0 Å². The van der Waals surface area contributed by atoms with Crippen LogP contribution in [-0.4, -0.2) is 17.4 Å². The lowest BCUT2D eigenvalue weighted by atomic mass is 10.1. The van der Waals surface area contributed by atoms with Crippen LogP contribution in [0.3, 0.4) is 0 Å². The van der Waals surface area contributed by atoms with E-state index in [1.165, 1.54) is 11.3 Å². The number of carbonyl (C=O) groups excluding carboxylic acids is 1. The topological polar surface area (TPSA) is 46.3 Å². The molecule has 19 heavy (non-hydrogen) atoms. The van der Waals surface area contributed by atoms with Gasteiger partial charge in [-0.2, -0.15) is 0 Å². The Labute approximate surface area is 117 Å². The Morgan fingerprint density at radius 2 is 2.05 bits per heavy atom. The van der Waals surface area contributed by atoms with Gasteiger partial charge in [0, 0.05) is 18.8 Å². The van der Waals surface area contributed by atoms with Crippen LogP contribution in [0.1, 0.15) is 28.6 Å². The molecular weight excluding hydrogens is 256 g/mol. The quantitative estimate of drug-likeness (QED) is 0.850. The standard InChI is InChI=1S/C15H18N2OS/c1-2-9-17(15(18)14-8-5-10-19-14)11-12-6-3-4-7-13(12)16/h3-8,10H,2,9,11,16H2,1H3. The first-order valence-corrected chi connectivity index (χ1v) is 7.26. The Balaban J connectivity index is 2.17. The average Bonchev–Trinajstić information content (AvgIpc) is 2.94. The second-order valence-corrected chi connectivity index (χ2v) is 5.35. The maximum absolute atomic E-state index is 12.4. The highest BCUT2D eigenvalue weighted by atomic mass is 32.1. The van der Waals surface area contributed by atoms with Gasteiger partial charge in [0.25, 0.3) is 5.91 Å². The zero-order valence-electron chi connectivity index (χ0n) is 11.0. The second kappa shape index (κ2) is 6.38. The van der Waals surface area contributed by atoms with Crippen LogP contribution in [0.2, 0.25) is 0 Å². The van der Waals surface area contributed by atoms with Crippen molar-refractivity contribution in [1.82, 2.24) is 4.90 Å². The minimum Gasteiger partial charge on any atom is -0.398 e. The molecule has 0 spiro atoms. The third-order valence-electron chi connectivity index (χ3n) is 2.93. The SMILES string of the molecule is CCCN(Cc1ccccc1N)C(=O)c1cccs1. The lowest BCUT2D eigenvalue weighted by Gasteiger charge is -2.22. The summed E-state index contributed by atoms with van der Waals surface area (Å²) in [4.78, 5) is 15.0. The van der Waals surface area contributed by atoms with Gasteiger partial charge in [0.2, 0.25) is 0 Å². The number of nitrogens with two attached hydrogens (primary N) is 1. The van der Waals surface area contributed by atoms with Crippen LogP contribution in [0.5, 0.6) is 0 Å². The van der Waals surface area contributed by atoms with Crippen LogP contribution in [0.15, 0.2) is 41.8 Å². The lowest BCUT2D eigenvalue weighted by molar-refractivity contribution is 0.0748. The number of benzene rings is 1. The molecule has 0 aliphatic carbocycles. The number of hydrogen-bond acceptors (Lipinski definition) is 3. The molecule has 100 valence electrons. The van der Waals surface area contributed by atoms with E-state index in [0.717, 1.165) is 29.1 Å². The highest BCUT2D eigenvalue weighted by molar-refractivity contribution is 7.12. The Morgan fingerprint density at radius 3 is 2.68 bits per heavy atom. The van der Waals surface area contributed by atoms with Crippen molar-refractivity contribution in [2.45, 2.75) is 19.9 Å². The Hall–Kier alpha value is -1.81. The fourth-order valence-electron chi connectivity index (χ4n) is 1.96. The summed E-state index contributed by atoms with van der Waals surface area (Å²) in [5.41, 5.74) is 7.69. The van der Waals surface area contributed by atoms with E-state index >= 15 is 0 Å². The summed E-state index contributed by atoms with van der Waals surface area (Å²) in [5, 5.41) is 1.92. The molecule has 1 aromatic carbocycles. The molecule has 0 saturated carbocycles. The fraction of sp³-hybridized carbons (Fsp3) is 0.267. The second-order valence-electron chi connectivity index (χ2n) is 4.40. The van der Waals surface area contributed by atoms with E-state index in [4.69, 9.17) is 5.73 Å². The van der Waals surface area contributed by atoms with Crippen molar-refractivity contribution in [2.24, 2.45) is 0 Å². The zero-order valence-corrected chi connectivity index (χ0v) is 11.8. The largest absolute Gasteiger partial charge is 0.398 e. The summed E-state index contributed by atoms with van der Waals surface area (Å²) in [6.07, 6.45) is 0.934. The normalized spacial score (nSPS) is 10.4. The van der Waals surface area contributed by atoms with E-state index in [0.29, 0.717) is 6.54 Å². The van der Waals surface area contributed by atoms with E-state index in [1.54, 1.807) is 0 Å². The van der Waals surface area contributed by atoms with Crippen molar-refractivity contribution < 1.29 is 4.79 Å². The molecule has 2 N–H and O–H groups in total. The molecule has 0 unspecified atom stereocenters. The minimum atomic E-state index is 0.0834. The van der Waals surface area contributed by atoms with Crippen molar-refractivity contribution in [1.29, 1.82) is 0 Å². The average molecular weight is 274 g/mol. The molecule has 0 aliphatic heterocycles. The summed E-state index contributed by atoms with van der Waals surface area (Å²) >= 11 is 1.48. The first-order valence-electron chi connectivity index (χ1n) is 6.38. The number of thiophene rings is 1. The number of para-hydroxylation sites is 1. The number of hydrogen-bond donors (Lipinski definition) is 1. The number of rotatable bonds is 5. The first kappa shape index (κ1) is 13.6. The number of carbonyl (C=O) groups is 1. The highest BCUT2D eigenvalue weighted by Gasteiger charge is 2.16. The molecule has 2 aromatic rings. The molecular formula is C15H18N2OS. The van der Waals surface area contributed by atoms with Gasteiger partial charge in [-0.1, -0.05) is 31.2 Å². The van der Waals surface area contributed by atoms with Crippen molar-refractivity contribution in [3.63, 3.8) is 0 Å². The van der Waals surface area contributed by atoms with Gasteiger partial charge in [-0.25, -0.2) is 0 Å². The molecule has 1 amide bonds. The van der Waals surface area contributed by atoms with Gasteiger partial charge in [-0.15, -0.1) is 11.3 Å². The molecule has 0 saturated heterocycles. The Morgan fingerprint density at radius 1 is 1.26 bits per heavy atom. The molecule has 0 radical (unpaired) electrons. The van der Waals surface area contributed by atoms with Crippen LogP contribution in [0.25, 0.3) is 0 Å². The van der Waals surface area contributed by atoms with Crippen molar-refractivity contribution in [2.75, 3.05) is 12.3 Å². The van der Waals surface area contributed by atoms with Gasteiger partial charge in [-0.3, -0.25) is 4.79 Å². The third-order valence-corrected chi connectivity index (χ3v) is 3.79. The van der Waals surface area contributed by atoms with Crippen LogP contribution in [0, 0.1) is 0 Å². The van der Waals surface area contributed by atoms with Gasteiger partial charge >= 0.3 is 0 Å². The summed E-state index contributed by atoms with van der Waals surface area (Å²) in [6, 6.07) is 11.5. The van der Waals surface area contributed by atoms with Crippen LogP contribution >= 0.6 is 11.3 Å². The number of amides is 1. The first-order chi connectivity index (χ1) is 9.22. The number of nitrogens with zero attached hydrogens (tertiary/aromatic N) is 1. The molecule has 0 fully saturated rings. The smallest absolute Gasteiger partial charge is 0.264 e. The summed E-state index contributed by atoms with van der Waals surface area (Å²) in [6.45, 7) is 3.38. The third kappa shape index (κ3) is 3.35. The van der Waals surface area contributed by atoms with E-state index in [-0.39, 0.29) is 5.91 Å². The van der Waals surface area contributed by atoms with Gasteiger partial charge < -0.3 is 10.6 Å². The van der Waals surface area contributed by atoms with Gasteiger partial charge in [0.1, 0.15) is 0 Å². The predicted octanol–water partition coefficient (Wildman–Crippen LogP) is 3.38. The maximum Gasteiger partial charge on any atom is 0.264 e. The summed E-state index contributed by atoms with van der Waals surface area (Å²) in [5.74, 6) is 0.0834. The fourth-order valence-corrected chi connectivity index (χ4v) is 2.65. The van der Waals surface area contributed by atoms with E-state index in [9.17, 15) is 4.79 Å². The van der Waals surface area contributed by atoms with Crippen molar-refractivity contribution in [3.05, 3.63) is 52.2 Å². The zero-order chi connectivity index (χ0) is 13.7. The molecule has 0 aliphatic rings. The molecule has 2 rings (SSSR count). The van der Waals surface area contributed by atoms with Gasteiger partial charge in [0.15, 0.2) is 0 Å². The summed E-state index contributed by atoms with van der Waals surface area (Å²) in [7, 11) is 0. The minimum absolute atomic E-state index is 0.0834. The molecule has 4 heteroatoms. The van der Waals surface area contributed by atoms with Gasteiger partial charge in [-0.05, 0) is 29.5 Å². The highest BCUT2D eigenvalue weighted by Crippen LogP contribution is 2.18. The van der Waals surface area contributed by atoms with Crippen LogP contribution < -0.4 is 5.73 Å². The summed E-state index contributed by atoms with van der Waals surface area (Å²) < 4.78 is 0. The lowest BCUT2D eigenvalue weighted by Crippen LogP contribution is -2.31. The predicted molar refractivity (Wildman–Crippen MR) is 80.2 cm³/mol. The molecule has 3 nitrogen and oxygen atoms in total. The van der Waals surface area contributed by atoms with Crippen LogP contribution in [-0.2, 0) is 6.54 Å². The van der Waals surface area contributed by atoms with Crippen molar-refractivity contribution >= 4 is 22.9 Å². The molecule has 1 aromatic heterocycles. The Kier molecular flexibility index (Phi) is 4.58. The van der Waals surface area contributed by atoms with Crippen LogP contribution in [0.4, 0.5) is 5.69 Å². The van der Waals surface area contributed by atoms with Crippen molar-refractivity contribution in [3.8, 4) is 0 Å². The van der Waals surface area contributed by atoms with Gasteiger partial charge in [0.05, 0.1) is 4.88 Å². The number of anilines is 1. The van der Waals surface area contributed by atoms with E-state index in [1.807, 2.05) is 46.7 Å². The molecule has 1 heterocycles. The molecule has 0 bridgehead atoms. The Bertz CT molecular complexity index is 537. The monoisotopic (exact) mass is 274 g/mol. The maximum atomic E-state index is 12.4. The number of nitrogen functional groups attached to an aromatic ring is 1. The molecule has 0 atom stereocenters. The van der Waals surface area contributed by atoms with E-state index in [2.05, 4.69) is 6.92 Å².